The standard InChI is InChI=1S/C21H23ClN2O2/c1-21(2,3)16-9-7-14(8-10-16)20(26)24-12-11-23-19(25)18(24)15-5-4-6-17(22)13-15/h4-10,13,18H,11-12H2,1-3H3,(H,23,25). The summed E-state index contributed by atoms with van der Waals surface area (Å²) in [4.78, 5) is 27.2. The van der Waals surface area contributed by atoms with Gasteiger partial charge in [0.05, 0.1) is 0 Å². The van der Waals surface area contributed by atoms with Gasteiger partial charge in [-0.15, -0.1) is 0 Å². The van der Waals surface area contributed by atoms with E-state index < -0.39 is 6.04 Å². The molecule has 1 aliphatic rings. The number of nitrogens with one attached hydrogen (secondary N) is 1. The molecule has 3 rings (SSSR count). The first-order chi connectivity index (χ1) is 12.3. The van der Waals surface area contributed by atoms with Crippen molar-refractivity contribution in [3.05, 3.63) is 70.2 Å². The van der Waals surface area contributed by atoms with Gasteiger partial charge in [0.15, 0.2) is 0 Å². The Morgan fingerprint density at radius 2 is 1.85 bits per heavy atom. The zero-order chi connectivity index (χ0) is 18.9. The van der Waals surface area contributed by atoms with E-state index in [0.29, 0.717) is 23.7 Å². The lowest BCUT2D eigenvalue weighted by Crippen LogP contribution is -2.52. The monoisotopic (exact) mass is 370 g/mol. The van der Waals surface area contributed by atoms with Gasteiger partial charge in [0.2, 0.25) is 5.91 Å². The van der Waals surface area contributed by atoms with Gasteiger partial charge >= 0.3 is 0 Å². The Bertz CT molecular complexity index is 825. The third-order valence-corrected chi connectivity index (χ3v) is 4.87. The summed E-state index contributed by atoms with van der Waals surface area (Å²) in [7, 11) is 0. The van der Waals surface area contributed by atoms with Crippen molar-refractivity contribution in [3.63, 3.8) is 0 Å². The van der Waals surface area contributed by atoms with Crippen molar-refractivity contribution in [2.24, 2.45) is 0 Å². The van der Waals surface area contributed by atoms with Crippen LogP contribution < -0.4 is 5.32 Å². The lowest BCUT2D eigenvalue weighted by atomic mass is 9.86. The fourth-order valence-electron chi connectivity index (χ4n) is 3.17. The van der Waals surface area contributed by atoms with Crippen LogP contribution in [0.4, 0.5) is 0 Å². The van der Waals surface area contributed by atoms with Gasteiger partial charge in [-0.2, -0.15) is 0 Å². The number of carbonyl (C=O) groups excluding carboxylic acids is 2. The number of hydrogen-bond donors (Lipinski definition) is 1. The molecule has 26 heavy (non-hydrogen) atoms. The van der Waals surface area contributed by atoms with Crippen LogP contribution >= 0.6 is 11.6 Å². The number of carbonyl (C=O) groups is 2. The molecular formula is C21H23ClN2O2. The second kappa shape index (κ2) is 7.12. The lowest BCUT2D eigenvalue weighted by Gasteiger charge is -2.35. The van der Waals surface area contributed by atoms with E-state index in [2.05, 4.69) is 26.1 Å². The van der Waals surface area contributed by atoms with Gasteiger partial charge in [-0.25, -0.2) is 0 Å². The highest BCUT2D eigenvalue weighted by Gasteiger charge is 2.35. The minimum absolute atomic E-state index is 0.0237. The largest absolute Gasteiger partial charge is 0.352 e. The molecule has 2 amide bonds. The van der Waals surface area contributed by atoms with Crippen LogP contribution in [0.25, 0.3) is 0 Å². The molecule has 1 heterocycles. The van der Waals surface area contributed by atoms with Crippen LogP contribution in [0, 0.1) is 0 Å². The Hall–Kier alpha value is -2.33. The second-order valence-electron chi connectivity index (χ2n) is 7.57. The Balaban J connectivity index is 1.92. The summed E-state index contributed by atoms with van der Waals surface area (Å²) in [6, 6.07) is 14.1. The van der Waals surface area contributed by atoms with Crippen LogP contribution in [0.15, 0.2) is 48.5 Å². The molecule has 1 fully saturated rings. The highest BCUT2D eigenvalue weighted by Crippen LogP contribution is 2.28. The molecule has 0 radical (unpaired) electrons. The molecular weight excluding hydrogens is 348 g/mol. The molecule has 1 unspecified atom stereocenters. The summed E-state index contributed by atoms with van der Waals surface area (Å²) in [5.74, 6) is -0.330. The predicted molar refractivity (Wildman–Crippen MR) is 103 cm³/mol. The van der Waals surface area contributed by atoms with E-state index in [1.54, 1.807) is 23.1 Å². The van der Waals surface area contributed by atoms with Crippen molar-refractivity contribution >= 4 is 23.4 Å². The maximum absolute atomic E-state index is 13.1. The summed E-state index contributed by atoms with van der Waals surface area (Å²) in [5, 5.41) is 3.38. The molecule has 0 saturated carbocycles. The zero-order valence-corrected chi connectivity index (χ0v) is 16.0. The van der Waals surface area contributed by atoms with Crippen molar-refractivity contribution in [1.29, 1.82) is 0 Å². The summed E-state index contributed by atoms with van der Waals surface area (Å²) in [6.07, 6.45) is 0. The lowest BCUT2D eigenvalue weighted by molar-refractivity contribution is -0.128. The summed E-state index contributed by atoms with van der Waals surface area (Å²) in [5.41, 5.74) is 2.49. The van der Waals surface area contributed by atoms with Crippen LogP contribution in [-0.4, -0.2) is 29.8 Å². The quantitative estimate of drug-likeness (QED) is 0.870. The average Bonchev–Trinajstić information content (AvgIpc) is 2.60. The molecule has 5 heteroatoms. The van der Waals surface area contributed by atoms with Crippen molar-refractivity contribution < 1.29 is 9.59 Å². The van der Waals surface area contributed by atoms with E-state index in [1.165, 1.54) is 0 Å². The number of rotatable bonds is 2. The van der Waals surface area contributed by atoms with Crippen molar-refractivity contribution in [2.45, 2.75) is 32.2 Å². The average molecular weight is 371 g/mol. The fourth-order valence-corrected chi connectivity index (χ4v) is 3.37. The number of nitrogens with zero attached hydrogens (tertiary/aromatic N) is 1. The van der Waals surface area contributed by atoms with Crippen LogP contribution in [0.2, 0.25) is 5.02 Å². The Morgan fingerprint density at radius 1 is 1.15 bits per heavy atom. The smallest absolute Gasteiger partial charge is 0.254 e. The van der Waals surface area contributed by atoms with Gasteiger partial charge in [0.1, 0.15) is 6.04 Å². The molecule has 2 aromatic carbocycles. The van der Waals surface area contributed by atoms with Crippen LogP contribution in [-0.2, 0) is 10.2 Å². The van der Waals surface area contributed by atoms with Crippen molar-refractivity contribution in [1.82, 2.24) is 10.2 Å². The first kappa shape index (κ1) is 18.5. The van der Waals surface area contributed by atoms with Crippen LogP contribution in [0.3, 0.4) is 0 Å². The summed E-state index contributed by atoms with van der Waals surface area (Å²) in [6.45, 7) is 7.31. The fraction of sp³-hybridized carbons (Fsp3) is 0.333. The third-order valence-electron chi connectivity index (χ3n) is 4.64. The Labute approximate surface area is 159 Å². The second-order valence-corrected chi connectivity index (χ2v) is 8.01. The zero-order valence-electron chi connectivity index (χ0n) is 15.3. The molecule has 0 bridgehead atoms. The minimum Gasteiger partial charge on any atom is -0.352 e. The van der Waals surface area contributed by atoms with E-state index in [4.69, 9.17) is 11.6 Å². The summed E-state index contributed by atoms with van der Waals surface area (Å²) < 4.78 is 0. The minimum atomic E-state index is -0.669. The highest BCUT2D eigenvalue weighted by atomic mass is 35.5. The van der Waals surface area contributed by atoms with E-state index in [0.717, 1.165) is 11.1 Å². The molecule has 1 aliphatic heterocycles. The van der Waals surface area contributed by atoms with Crippen molar-refractivity contribution in [2.75, 3.05) is 13.1 Å². The highest BCUT2D eigenvalue weighted by molar-refractivity contribution is 6.30. The maximum atomic E-state index is 13.1. The number of amides is 2. The van der Waals surface area contributed by atoms with E-state index >= 15 is 0 Å². The number of benzene rings is 2. The number of halogens is 1. The van der Waals surface area contributed by atoms with Crippen LogP contribution in [0.1, 0.15) is 48.3 Å². The predicted octanol–water partition coefficient (Wildman–Crippen LogP) is 3.95. The maximum Gasteiger partial charge on any atom is 0.254 e. The van der Waals surface area contributed by atoms with Gasteiger partial charge in [-0.1, -0.05) is 56.6 Å². The molecule has 1 saturated heterocycles. The van der Waals surface area contributed by atoms with Crippen LogP contribution in [0.5, 0.6) is 0 Å². The number of hydrogen-bond acceptors (Lipinski definition) is 2. The van der Waals surface area contributed by atoms with Gasteiger partial charge < -0.3 is 10.2 Å². The Morgan fingerprint density at radius 3 is 2.46 bits per heavy atom. The van der Waals surface area contributed by atoms with Crippen molar-refractivity contribution in [3.8, 4) is 0 Å². The molecule has 0 spiro atoms. The first-order valence-electron chi connectivity index (χ1n) is 8.72. The van der Waals surface area contributed by atoms with E-state index in [9.17, 15) is 9.59 Å². The van der Waals surface area contributed by atoms with Gasteiger partial charge in [-0.05, 0) is 40.8 Å². The molecule has 0 aromatic heterocycles. The van der Waals surface area contributed by atoms with E-state index in [-0.39, 0.29) is 17.2 Å². The van der Waals surface area contributed by atoms with Gasteiger partial charge in [-0.3, -0.25) is 9.59 Å². The molecule has 1 atom stereocenters. The molecule has 4 nitrogen and oxygen atoms in total. The topological polar surface area (TPSA) is 49.4 Å². The van der Waals surface area contributed by atoms with E-state index in [1.807, 2.05) is 30.3 Å². The van der Waals surface area contributed by atoms with Gasteiger partial charge in [0.25, 0.3) is 5.91 Å². The molecule has 136 valence electrons. The normalized spacial score (nSPS) is 17.8. The van der Waals surface area contributed by atoms with Gasteiger partial charge in [0, 0.05) is 23.7 Å². The summed E-state index contributed by atoms with van der Waals surface area (Å²) >= 11 is 6.08. The Kier molecular flexibility index (Phi) is 5.05. The number of piperazine rings is 1. The molecule has 0 aliphatic carbocycles. The molecule has 1 N–H and O–H groups in total. The first-order valence-corrected chi connectivity index (χ1v) is 9.10. The third kappa shape index (κ3) is 3.75. The molecule has 2 aromatic rings. The SMILES string of the molecule is CC(C)(C)c1ccc(C(=O)N2CCNC(=O)C2c2cccc(Cl)c2)cc1.